The second kappa shape index (κ2) is 6.37. The number of benzene rings is 2. The van der Waals surface area contributed by atoms with Crippen LogP contribution in [-0.4, -0.2) is 5.91 Å². The maximum absolute atomic E-state index is 12.2. The Kier molecular flexibility index (Phi) is 4.76. The molecule has 0 radical (unpaired) electrons. The van der Waals surface area contributed by atoms with Gasteiger partial charge in [0.25, 0.3) is 5.91 Å². The van der Waals surface area contributed by atoms with E-state index in [2.05, 4.69) is 5.32 Å². The van der Waals surface area contributed by atoms with Crippen LogP contribution in [-0.2, 0) is 0 Å². The monoisotopic (exact) mass is 322 g/mol. The van der Waals surface area contributed by atoms with Gasteiger partial charge in [0, 0.05) is 5.56 Å². The summed E-state index contributed by atoms with van der Waals surface area (Å²) < 4.78 is 0. The third-order valence-electron chi connectivity index (χ3n) is 3.27. The SMILES string of the molecule is Cc1ccc([C@@H](C)NC(=O)c2cc(Cl)c(N)c(Cl)c2)cc1. The summed E-state index contributed by atoms with van der Waals surface area (Å²) in [5.74, 6) is -0.244. The van der Waals surface area contributed by atoms with Crippen LogP contribution >= 0.6 is 23.2 Å². The van der Waals surface area contributed by atoms with Crippen molar-refractivity contribution < 1.29 is 4.79 Å². The molecule has 2 aromatic rings. The summed E-state index contributed by atoms with van der Waals surface area (Å²) in [7, 11) is 0. The smallest absolute Gasteiger partial charge is 0.251 e. The number of nitrogen functional groups attached to an aromatic ring is 1. The third-order valence-corrected chi connectivity index (χ3v) is 3.89. The molecule has 110 valence electrons. The number of amides is 1. The molecule has 2 rings (SSSR count). The van der Waals surface area contributed by atoms with Gasteiger partial charge in [-0.25, -0.2) is 0 Å². The number of hydrogen-bond donors (Lipinski definition) is 2. The Labute approximate surface area is 134 Å². The molecule has 0 aromatic heterocycles. The number of anilines is 1. The quantitative estimate of drug-likeness (QED) is 0.824. The van der Waals surface area contributed by atoms with Crippen LogP contribution in [0.15, 0.2) is 36.4 Å². The lowest BCUT2D eigenvalue weighted by Gasteiger charge is -2.15. The molecule has 0 saturated heterocycles. The van der Waals surface area contributed by atoms with E-state index >= 15 is 0 Å². The van der Waals surface area contributed by atoms with Gasteiger partial charge >= 0.3 is 0 Å². The third kappa shape index (κ3) is 3.69. The van der Waals surface area contributed by atoms with Gasteiger partial charge < -0.3 is 11.1 Å². The zero-order valence-electron chi connectivity index (χ0n) is 11.8. The number of hydrogen-bond acceptors (Lipinski definition) is 2. The highest BCUT2D eigenvalue weighted by molar-refractivity contribution is 6.39. The molecule has 0 heterocycles. The van der Waals surface area contributed by atoms with Gasteiger partial charge in [-0.15, -0.1) is 0 Å². The first-order valence-electron chi connectivity index (χ1n) is 6.50. The minimum Gasteiger partial charge on any atom is -0.396 e. The Balaban J connectivity index is 2.16. The molecule has 0 fully saturated rings. The van der Waals surface area contributed by atoms with Crippen molar-refractivity contribution in [1.82, 2.24) is 5.32 Å². The van der Waals surface area contributed by atoms with Crippen LogP contribution < -0.4 is 11.1 Å². The van der Waals surface area contributed by atoms with E-state index in [0.29, 0.717) is 5.56 Å². The molecule has 3 N–H and O–H groups in total. The first kappa shape index (κ1) is 15.7. The van der Waals surface area contributed by atoms with Crippen molar-refractivity contribution in [2.75, 3.05) is 5.73 Å². The molecule has 0 spiro atoms. The molecule has 5 heteroatoms. The predicted octanol–water partition coefficient (Wildman–Crippen LogP) is 4.38. The molecule has 0 aliphatic heterocycles. The summed E-state index contributed by atoms with van der Waals surface area (Å²) >= 11 is 11.9. The summed E-state index contributed by atoms with van der Waals surface area (Å²) in [6.45, 7) is 3.94. The van der Waals surface area contributed by atoms with Crippen LogP contribution in [0.25, 0.3) is 0 Å². The summed E-state index contributed by atoms with van der Waals surface area (Å²) in [5, 5.41) is 3.46. The van der Waals surface area contributed by atoms with Crippen molar-refractivity contribution in [3.05, 3.63) is 63.1 Å². The van der Waals surface area contributed by atoms with Crippen LogP contribution in [0.1, 0.15) is 34.5 Å². The normalized spacial score (nSPS) is 12.0. The second-order valence-corrected chi connectivity index (χ2v) is 5.77. The highest BCUT2D eigenvalue weighted by Crippen LogP contribution is 2.29. The number of nitrogens with two attached hydrogens (primary N) is 1. The second-order valence-electron chi connectivity index (χ2n) is 4.96. The van der Waals surface area contributed by atoms with Gasteiger partial charge in [-0.2, -0.15) is 0 Å². The number of rotatable bonds is 3. The molecule has 3 nitrogen and oxygen atoms in total. The van der Waals surface area contributed by atoms with Crippen molar-refractivity contribution in [1.29, 1.82) is 0 Å². The Bertz CT molecular complexity index is 645. The maximum atomic E-state index is 12.2. The Morgan fingerprint density at radius 1 is 1.14 bits per heavy atom. The average molecular weight is 323 g/mol. The first-order valence-corrected chi connectivity index (χ1v) is 7.26. The Morgan fingerprint density at radius 3 is 2.19 bits per heavy atom. The summed E-state index contributed by atoms with van der Waals surface area (Å²) in [6, 6.07) is 10.9. The van der Waals surface area contributed by atoms with Crippen molar-refractivity contribution in [3.63, 3.8) is 0 Å². The number of aryl methyl sites for hydroxylation is 1. The average Bonchev–Trinajstić information content (AvgIpc) is 2.44. The van der Waals surface area contributed by atoms with Gasteiger partial charge in [0.05, 0.1) is 21.8 Å². The zero-order chi connectivity index (χ0) is 15.6. The van der Waals surface area contributed by atoms with Gasteiger partial charge in [-0.3, -0.25) is 4.79 Å². The highest BCUT2D eigenvalue weighted by Gasteiger charge is 2.14. The number of carbonyl (C=O) groups excluding carboxylic acids is 1. The van der Waals surface area contributed by atoms with Crippen LogP contribution in [0.4, 0.5) is 5.69 Å². The minimum atomic E-state index is -0.244. The predicted molar refractivity (Wildman–Crippen MR) is 87.9 cm³/mol. The highest BCUT2D eigenvalue weighted by atomic mass is 35.5. The van der Waals surface area contributed by atoms with Gasteiger partial charge in [0.1, 0.15) is 0 Å². The largest absolute Gasteiger partial charge is 0.396 e. The van der Waals surface area contributed by atoms with Crippen LogP contribution in [0.5, 0.6) is 0 Å². The van der Waals surface area contributed by atoms with E-state index in [-0.39, 0.29) is 27.7 Å². The number of carbonyl (C=O) groups is 1. The maximum Gasteiger partial charge on any atom is 0.251 e. The minimum absolute atomic E-state index is 0.117. The fourth-order valence-corrected chi connectivity index (χ4v) is 2.42. The van der Waals surface area contributed by atoms with E-state index in [1.54, 1.807) is 0 Å². The molecule has 21 heavy (non-hydrogen) atoms. The van der Waals surface area contributed by atoms with Crippen molar-refractivity contribution in [2.24, 2.45) is 0 Å². The van der Waals surface area contributed by atoms with Crippen LogP contribution in [0, 0.1) is 6.92 Å². The standard InChI is InChI=1S/C16H16Cl2N2O/c1-9-3-5-11(6-4-9)10(2)20-16(21)12-7-13(17)15(19)14(18)8-12/h3-8,10H,19H2,1-2H3,(H,20,21)/t10-/m1/s1. The fourth-order valence-electron chi connectivity index (χ4n) is 1.93. The molecule has 1 atom stereocenters. The summed E-state index contributed by atoms with van der Waals surface area (Å²) in [5.41, 5.74) is 8.53. The molecule has 1 amide bonds. The van der Waals surface area contributed by atoms with E-state index < -0.39 is 0 Å². The lowest BCUT2D eigenvalue weighted by molar-refractivity contribution is 0.0940. The first-order chi connectivity index (χ1) is 9.88. The Morgan fingerprint density at radius 2 is 1.67 bits per heavy atom. The zero-order valence-corrected chi connectivity index (χ0v) is 13.3. The topological polar surface area (TPSA) is 55.1 Å². The number of nitrogens with one attached hydrogen (secondary N) is 1. The van der Waals surface area contributed by atoms with Crippen molar-refractivity contribution in [3.8, 4) is 0 Å². The molecule has 0 saturated carbocycles. The Hall–Kier alpha value is -1.71. The fraction of sp³-hybridized carbons (Fsp3) is 0.188. The van der Waals surface area contributed by atoms with E-state index in [9.17, 15) is 4.79 Å². The van der Waals surface area contributed by atoms with E-state index in [1.165, 1.54) is 17.7 Å². The molecule has 2 aromatic carbocycles. The van der Waals surface area contributed by atoms with E-state index in [0.717, 1.165) is 5.56 Å². The van der Waals surface area contributed by atoms with Gasteiger partial charge in [-0.1, -0.05) is 53.0 Å². The van der Waals surface area contributed by atoms with Crippen LogP contribution in [0.3, 0.4) is 0 Å². The van der Waals surface area contributed by atoms with Crippen molar-refractivity contribution >= 4 is 34.8 Å². The molecule has 0 aliphatic carbocycles. The molecular formula is C16H16Cl2N2O. The molecule has 0 bridgehead atoms. The summed E-state index contributed by atoms with van der Waals surface area (Å²) in [6.07, 6.45) is 0. The van der Waals surface area contributed by atoms with Gasteiger partial charge in [-0.05, 0) is 31.5 Å². The van der Waals surface area contributed by atoms with Crippen LogP contribution in [0.2, 0.25) is 10.0 Å². The molecular weight excluding hydrogens is 307 g/mol. The van der Waals surface area contributed by atoms with Gasteiger partial charge in [0.2, 0.25) is 0 Å². The summed E-state index contributed by atoms with van der Waals surface area (Å²) in [4.78, 5) is 12.2. The van der Waals surface area contributed by atoms with Crippen molar-refractivity contribution in [2.45, 2.75) is 19.9 Å². The van der Waals surface area contributed by atoms with E-state index in [1.807, 2.05) is 38.1 Å². The molecule has 0 unspecified atom stereocenters. The van der Waals surface area contributed by atoms with E-state index in [4.69, 9.17) is 28.9 Å². The number of halogens is 2. The lowest BCUT2D eigenvalue weighted by Crippen LogP contribution is -2.26. The molecule has 0 aliphatic rings. The lowest BCUT2D eigenvalue weighted by atomic mass is 10.1. The van der Waals surface area contributed by atoms with Gasteiger partial charge in [0.15, 0.2) is 0 Å².